The summed E-state index contributed by atoms with van der Waals surface area (Å²) in [7, 11) is 0. The van der Waals surface area contributed by atoms with E-state index in [1.54, 1.807) is 6.26 Å². The lowest BCUT2D eigenvalue weighted by molar-refractivity contribution is 0.281. The van der Waals surface area contributed by atoms with E-state index in [1.165, 1.54) is 0 Å². The van der Waals surface area contributed by atoms with Crippen LogP contribution in [0.5, 0.6) is 0 Å². The van der Waals surface area contributed by atoms with Crippen LogP contribution in [0.25, 0.3) is 11.1 Å². The quantitative estimate of drug-likeness (QED) is 0.561. The van der Waals surface area contributed by atoms with Crippen LogP contribution in [0.4, 0.5) is 11.4 Å². The average molecular weight is 291 g/mol. The van der Waals surface area contributed by atoms with Crippen LogP contribution in [-0.4, -0.2) is 36.5 Å². The van der Waals surface area contributed by atoms with E-state index in [0.717, 1.165) is 16.8 Å². The lowest BCUT2D eigenvalue weighted by Gasteiger charge is -2.23. The molecule has 6 nitrogen and oxygen atoms in total. The van der Waals surface area contributed by atoms with Crippen molar-refractivity contribution < 1.29 is 14.6 Å². The first-order valence-corrected chi connectivity index (χ1v) is 6.83. The second-order valence-corrected chi connectivity index (χ2v) is 4.71. The number of hydrogen-bond donors (Lipinski definition) is 4. The van der Waals surface area contributed by atoms with Crippen LogP contribution < -0.4 is 16.4 Å². The van der Waals surface area contributed by atoms with Gasteiger partial charge < -0.3 is 31.0 Å². The summed E-state index contributed by atoms with van der Waals surface area (Å²) in [5.74, 6) is 0.692. The molecule has 0 radical (unpaired) electrons. The number of aliphatic hydroxyl groups is 2. The van der Waals surface area contributed by atoms with Crippen LogP contribution in [0.3, 0.4) is 0 Å². The van der Waals surface area contributed by atoms with Crippen LogP contribution in [-0.2, 0) is 6.54 Å². The molecule has 0 amide bonds. The number of nitrogens with zero attached hydrogens (tertiary/aromatic N) is 1. The van der Waals surface area contributed by atoms with Crippen LogP contribution in [0.2, 0.25) is 0 Å². The number of nitrogen functional groups attached to an aromatic ring is 1. The van der Waals surface area contributed by atoms with Gasteiger partial charge in [-0.3, -0.25) is 0 Å². The maximum Gasteiger partial charge on any atom is 0.117 e. The zero-order chi connectivity index (χ0) is 15.2. The van der Waals surface area contributed by atoms with E-state index in [2.05, 4.69) is 0 Å². The van der Waals surface area contributed by atoms with E-state index in [4.69, 9.17) is 26.1 Å². The van der Waals surface area contributed by atoms with Crippen LogP contribution >= 0.6 is 0 Å². The monoisotopic (exact) mass is 291 g/mol. The first-order valence-electron chi connectivity index (χ1n) is 6.83. The average Bonchev–Trinajstić information content (AvgIpc) is 2.96. The number of aliphatic hydroxyl groups excluding tert-OH is 2. The summed E-state index contributed by atoms with van der Waals surface area (Å²) in [6, 6.07) is 7.46. The summed E-state index contributed by atoms with van der Waals surface area (Å²) in [6.07, 6.45) is 1.63. The minimum atomic E-state index is 0.0166. The van der Waals surface area contributed by atoms with Gasteiger partial charge in [0.25, 0.3) is 0 Å². The van der Waals surface area contributed by atoms with Crippen LogP contribution in [0, 0.1) is 0 Å². The van der Waals surface area contributed by atoms with Gasteiger partial charge in [0.05, 0.1) is 26.0 Å². The van der Waals surface area contributed by atoms with E-state index in [9.17, 15) is 0 Å². The molecule has 0 saturated heterocycles. The highest BCUT2D eigenvalue weighted by Gasteiger charge is 2.11. The number of hydrogen-bond acceptors (Lipinski definition) is 6. The lowest BCUT2D eigenvalue weighted by atomic mass is 10.1. The number of rotatable bonds is 7. The fourth-order valence-corrected chi connectivity index (χ4v) is 2.23. The minimum Gasteiger partial charge on any atom is -0.467 e. The zero-order valence-electron chi connectivity index (χ0n) is 11.8. The Labute approximate surface area is 123 Å². The third-order valence-corrected chi connectivity index (χ3v) is 3.31. The Bertz CT molecular complexity index is 577. The van der Waals surface area contributed by atoms with Gasteiger partial charge in [0, 0.05) is 35.6 Å². The minimum absolute atomic E-state index is 0.0166. The van der Waals surface area contributed by atoms with Crippen molar-refractivity contribution in [3.63, 3.8) is 0 Å². The highest BCUT2D eigenvalue weighted by Crippen LogP contribution is 2.31. The number of furan rings is 1. The molecule has 0 saturated carbocycles. The van der Waals surface area contributed by atoms with E-state index >= 15 is 0 Å². The summed E-state index contributed by atoms with van der Waals surface area (Å²) in [5.41, 5.74) is 14.8. The van der Waals surface area contributed by atoms with Gasteiger partial charge in [-0.15, -0.1) is 0 Å². The fraction of sp³-hybridized carbons (Fsp3) is 0.333. The number of nitrogens with two attached hydrogens (primary N) is 2. The Balaban J connectivity index is 2.35. The van der Waals surface area contributed by atoms with Crippen LogP contribution in [0.15, 0.2) is 34.9 Å². The molecular formula is C15H21N3O3. The molecule has 0 spiro atoms. The Kier molecular flexibility index (Phi) is 5.21. The molecule has 0 fully saturated rings. The maximum absolute atomic E-state index is 9.12. The Morgan fingerprint density at radius 1 is 1.10 bits per heavy atom. The van der Waals surface area contributed by atoms with Gasteiger partial charge in [-0.05, 0) is 24.3 Å². The SMILES string of the molecule is NCc1cc(-c2cc(N(CCO)CCO)ccc2N)co1. The molecule has 1 heterocycles. The second-order valence-electron chi connectivity index (χ2n) is 4.71. The molecule has 0 bridgehead atoms. The highest BCUT2D eigenvalue weighted by molar-refractivity contribution is 5.79. The van der Waals surface area contributed by atoms with Crippen molar-refractivity contribution in [3.8, 4) is 11.1 Å². The molecule has 1 aromatic heterocycles. The molecule has 0 aliphatic rings. The van der Waals surface area contributed by atoms with E-state index in [1.807, 2.05) is 29.2 Å². The molecule has 2 aromatic rings. The van der Waals surface area contributed by atoms with E-state index < -0.39 is 0 Å². The van der Waals surface area contributed by atoms with Crippen molar-refractivity contribution in [2.75, 3.05) is 36.9 Å². The molecule has 2 rings (SSSR count). The van der Waals surface area contributed by atoms with Crippen molar-refractivity contribution in [2.45, 2.75) is 6.54 Å². The molecule has 114 valence electrons. The zero-order valence-corrected chi connectivity index (χ0v) is 11.8. The van der Waals surface area contributed by atoms with Gasteiger partial charge >= 0.3 is 0 Å². The molecular weight excluding hydrogens is 270 g/mol. The molecule has 0 unspecified atom stereocenters. The van der Waals surface area contributed by atoms with Crippen molar-refractivity contribution in [2.24, 2.45) is 5.73 Å². The topological polar surface area (TPSA) is 109 Å². The van der Waals surface area contributed by atoms with Gasteiger partial charge in [-0.25, -0.2) is 0 Å². The smallest absolute Gasteiger partial charge is 0.117 e. The molecule has 6 heteroatoms. The van der Waals surface area contributed by atoms with Crippen molar-refractivity contribution >= 4 is 11.4 Å². The molecule has 0 aliphatic heterocycles. The van der Waals surface area contributed by atoms with E-state index in [-0.39, 0.29) is 13.2 Å². The standard InChI is InChI=1S/C15H21N3O3/c16-9-13-7-11(10-21-13)14-8-12(1-2-15(14)17)18(3-5-19)4-6-20/h1-2,7-8,10,19-20H,3-6,9,16-17H2. The maximum atomic E-state index is 9.12. The van der Waals surface area contributed by atoms with Gasteiger partial charge in [-0.1, -0.05) is 0 Å². The first-order chi connectivity index (χ1) is 10.2. The summed E-state index contributed by atoms with van der Waals surface area (Å²) in [5, 5.41) is 18.2. The van der Waals surface area contributed by atoms with Crippen molar-refractivity contribution in [1.82, 2.24) is 0 Å². The molecule has 1 aromatic carbocycles. The lowest BCUT2D eigenvalue weighted by Crippen LogP contribution is -2.29. The van der Waals surface area contributed by atoms with Gasteiger partial charge in [0.1, 0.15) is 5.76 Å². The Morgan fingerprint density at radius 2 is 1.81 bits per heavy atom. The highest BCUT2D eigenvalue weighted by atomic mass is 16.3. The van der Waals surface area contributed by atoms with Gasteiger partial charge in [-0.2, -0.15) is 0 Å². The summed E-state index contributed by atoms with van der Waals surface area (Å²) < 4.78 is 5.34. The number of anilines is 2. The first kappa shape index (κ1) is 15.4. The second kappa shape index (κ2) is 7.12. The molecule has 6 N–H and O–H groups in total. The number of benzene rings is 1. The normalized spacial score (nSPS) is 10.8. The molecule has 0 atom stereocenters. The largest absolute Gasteiger partial charge is 0.467 e. The van der Waals surface area contributed by atoms with Gasteiger partial charge in [0.15, 0.2) is 0 Å². The van der Waals surface area contributed by atoms with Crippen LogP contribution in [0.1, 0.15) is 5.76 Å². The van der Waals surface area contributed by atoms with Gasteiger partial charge in [0.2, 0.25) is 0 Å². The molecule has 21 heavy (non-hydrogen) atoms. The van der Waals surface area contributed by atoms with E-state index in [0.29, 0.717) is 31.1 Å². The van der Waals surface area contributed by atoms with Crippen molar-refractivity contribution in [1.29, 1.82) is 0 Å². The third-order valence-electron chi connectivity index (χ3n) is 3.31. The Hall–Kier alpha value is -2.02. The summed E-state index contributed by atoms with van der Waals surface area (Å²) >= 11 is 0. The predicted octanol–water partition coefficient (Wildman–Crippen LogP) is 0.778. The van der Waals surface area contributed by atoms with Crippen molar-refractivity contribution in [3.05, 3.63) is 36.3 Å². The fourth-order valence-electron chi connectivity index (χ4n) is 2.23. The molecule has 0 aliphatic carbocycles. The third kappa shape index (κ3) is 3.55. The summed E-state index contributed by atoms with van der Waals surface area (Å²) in [4.78, 5) is 1.90. The Morgan fingerprint density at radius 3 is 2.38 bits per heavy atom. The summed E-state index contributed by atoms with van der Waals surface area (Å²) in [6.45, 7) is 1.26. The predicted molar refractivity (Wildman–Crippen MR) is 82.8 cm³/mol.